The minimum atomic E-state index is 0. The SMILES string of the molecule is Cl.c1ccc2c(c1)CC1CNCC2C1. The maximum absolute atomic E-state index is 3.53. The maximum atomic E-state index is 3.53. The number of hydrogen-bond acceptors (Lipinski definition) is 1. The second-order valence-corrected chi connectivity index (χ2v) is 4.36. The van der Waals surface area contributed by atoms with Gasteiger partial charge >= 0.3 is 0 Å². The molecule has 2 atom stereocenters. The summed E-state index contributed by atoms with van der Waals surface area (Å²) in [6.45, 7) is 2.42. The Balaban J connectivity index is 0.000000750. The van der Waals surface area contributed by atoms with Crippen LogP contribution in [0.4, 0.5) is 0 Å². The van der Waals surface area contributed by atoms with Gasteiger partial charge in [-0.15, -0.1) is 12.4 Å². The zero-order chi connectivity index (χ0) is 8.67. The molecule has 1 aromatic carbocycles. The van der Waals surface area contributed by atoms with Crippen LogP contribution in [0.2, 0.25) is 0 Å². The molecule has 0 radical (unpaired) electrons. The van der Waals surface area contributed by atoms with Gasteiger partial charge in [-0.3, -0.25) is 0 Å². The molecule has 14 heavy (non-hydrogen) atoms. The molecule has 1 N–H and O–H groups in total. The third-order valence-electron chi connectivity index (χ3n) is 3.45. The molecule has 2 aliphatic rings. The van der Waals surface area contributed by atoms with E-state index in [2.05, 4.69) is 29.6 Å². The monoisotopic (exact) mass is 209 g/mol. The molecule has 3 rings (SSSR count). The van der Waals surface area contributed by atoms with Crippen LogP contribution in [0.1, 0.15) is 23.5 Å². The van der Waals surface area contributed by atoms with Crippen LogP contribution in [0.15, 0.2) is 24.3 Å². The Morgan fingerprint density at radius 2 is 2.00 bits per heavy atom. The largest absolute Gasteiger partial charge is 0.316 e. The molecule has 1 fully saturated rings. The Labute approximate surface area is 91.3 Å². The quantitative estimate of drug-likeness (QED) is 0.692. The van der Waals surface area contributed by atoms with E-state index < -0.39 is 0 Å². The van der Waals surface area contributed by atoms with Crippen molar-refractivity contribution in [1.82, 2.24) is 5.32 Å². The lowest BCUT2D eigenvalue weighted by molar-refractivity contribution is 0.318. The lowest BCUT2D eigenvalue weighted by atomic mass is 9.75. The summed E-state index contributed by atoms with van der Waals surface area (Å²) in [6, 6.07) is 8.96. The first-order chi connectivity index (χ1) is 6.43. The molecule has 1 aliphatic carbocycles. The van der Waals surface area contributed by atoms with E-state index in [0.717, 1.165) is 11.8 Å². The van der Waals surface area contributed by atoms with Crippen LogP contribution in [-0.2, 0) is 6.42 Å². The molecule has 1 saturated heterocycles. The summed E-state index contributed by atoms with van der Waals surface area (Å²) in [6.07, 6.45) is 2.70. The van der Waals surface area contributed by atoms with Crippen molar-refractivity contribution in [2.45, 2.75) is 18.8 Å². The number of nitrogens with one attached hydrogen (secondary N) is 1. The molecule has 0 saturated carbocycles. The van der Waals surface area contributed by atoms with Crippen LogP contribution in [0, 0.1) is 5.92 Å². The van der Waals surface area contributed by atoms with Gasteiger partial charge in [0.05, 0.1) is 0 Å². The van der Waals surface area contributed by atoms with E-state index in [9.17, 15) is 0 Å². The Hall–Kier alpha value is -0.530. The third kappa shape index (κ3) is 1.55. The summed E-state index contributed by atoms with van der Waals surface area (Å²) >= 11 is 0. The maximum Gasteiger partial charge on any atom is 0.00204 e. The first-order valence-corrected chi connectivity index (χ1v) is 5.22. The number of halogens is 1. The topological polar surface area (TPSA) is 12.0 Å². The van der Waals surface area contributed by atoms with Gasteiger partial charge in [-0.1, -0.05) is 24.3 Å². The fourth-order valence-corrected chi connectivity index (χ4v) is 2.85. The first-order valence-electron chi connectivity index (χ1n) is 5.22. The number of benzene rings is 1. The van der Waals surface area contributed by atoms with E-state index in [0.29, 0.717) is 0 Å². The Morgan fingerprint density at radius 1 is 1.14 bits per heavy atom. The van der Waals surface area contributed by atoms with Crippen LogP contribution in [0.25, 0.3) is 0 Å². The van der Waals surface area contributed by atoms with Gasteiger partial charge in [0.2, 0.25) is 0 Å². The summed E-state index contributed by atoms with van der Waals surface area (Å²) in [7, 11) is 0. The van der Waals surface area contributed by atoms with Crippen molar-refractivity contribution < 1.29 is 0 Å². The lowest BCUT2D eigenvalue weighted by Gasteiger charge is -2.36. The van der Waals surface area contributed by atoms with Gasteiger partial charge in [0.25, 0.3) is 0 Å². The summed E-state index contributed by atoms with van der Waals surface area (Å²) < 4.78 is 0. The zero-order valence-electron chi connectivity index (χ0n) is 8.20. The number of piperidine rings is 1. The second kappa shape index (κ2) is 3.92. The van der Waals surface area contributed by atoms with Crippen molar-refractivity contribution in [2.75, 3.05) is 13.1 Å². The summed E-state index contributed by atoms with van der Waals surface area (Å²) in [4.78, 5) is 0. The van der Waals surface area contributed by atoms with Gasteiger partial charge in [-0.05, 0) is 42.3 Å². The Kier molecular flexibility index (Phi) is 2.80. The van der Waals surface area contributed by atoms with Gasteiger partial charge < -0.3 is 5.32 Å². The van der Waals surface area contributed by atoms with E-state index in [1.54, 1.807) is 11.1 Å². The highest BCUT2D eigenvalue weighted by molar-refractivity contribution is 5.85. The van der Waals surface area contributed by atoms with Crippen LogP contribution in [0.3, 0.4) is 0 Å². The molecule has 1 aromatic rings. The van der Waals surface area contributed by atoms with Crippen molar-refractivity contribution in [3.8, 4) is 0 Å². The molecule has 0 aromatic heterocycles. The fraction of sp³-hybridized carbons (Fsp3) is 0.500. The number of hydrogen-bond donors (Lipinski definition) is 1. The molecule has 2 bridgehead atoms. The third-order valence-corrected chi connectivity index (χ3v) is 3.45. The molecular weight excluding hydrogens is 194 g/mol. The molecule has 1 aliphatic heterocycles. The van der Waals surface area contributed by atoms with E-state index in [1.807, 2.05) is 0 Å². The Bertz CT molecular complexity index is 324. The van der Waals surface area contributed by atoms with Gasteiger partial charge in [-0.2, -0.15) is 0 Å². The van der Waals surface area contributed by atoms with Crippen LogP contribution >= 0.6 is 12.4 Å². The molecular formula is C12H16ClN. The molecule has 1 heterocycles. The number of rotatable bonds is 0. The molecule has 0 amide bonds. The predicted molar refractivity (Wildman–Crippen MR) is 61.1 cm³/mol. The van der Waals surface area contributed by atoms with Crippen LogP contribution in [-0.4, -0.2) is 13.1 Å². The van der Waals surface area contributed by atoms with E-state index >= 15 is 0 Å². The summed E-state index contributed by atoms with van der Waals surface area (Å²) in [5.74, 6) is 1.69. The van der Waals surface area contributed by atoms with Gasteiger partial charge in [0.15, 0.2) is 0 Å². The highest BCUT2D eigenvalue weighted by atomic mass is 35.5. The minimum Gasteiger partial charge on any atom is -0.316 e. The Morgan fingerprint density at radius 3 is 2.93 bits per heavy atom. The molecule has 76 valence electrons. The zero-order valence-corrected chi connectivity index (χ0v) is 9.02. The second-order valence-electron chi connectivity index (χ2n) is 4.36. The predicted octanol–water partition coefficient (Wildman–Crippen LogP) is 2.36. The lowest BCUT2D eigenvalue weighted by Crippen LogP contribution is -2.39. The van der Waals surface area contributed by atoms with Crippen LogP contribution < -0.4 is 5.32 Å². The van der Waals surface area contributed by atoms with Crippen LogP contribution in [0.5, 0.6) is 0 Å². The van der Waals surface area contributed by atoms with Gasteiger partial charge in [0, 0.05) is 6.54 Å². The highest BCUT2D eigenvalue weighted by Gasteiger charge is 2.29. The highest BCUT2D eigenvalue weighted by Crippen LogP contribution is 2.36. The van der Waals surface area contributed by atoms with Crippen molar-refractivity contribution in [3.63, 3.8) is 0 Å². The van der Waals surface area contributed by atoms with E-state index in [4.69, 9.17) is 0 Å². The number of fused-ring (bicyclic) bond motifs is 4. The normalized spacial score (nSPS) is 28.9. The van der Waals surface area contributed by atoms with E-state index in [-0.39, 0.29) is 12.4 Å². The minimum absolute atomic E-state index is 0. The first kappa shape index (κ1) is 10.0. The molecule has 2 heteroatoms. The van der Waals surface area contributed by atoms with Crippen molar-refractivity contribution in [3.05, 3.63) is 35.4 Å². The average Bonchev–Trinajstić information content (AvgIpc) is 2.18. The molecule has 2 unspecified atom stereocenters. The standard InChI is InChI=1S/C12H15N.ClH/c1-2-4-12-10(3-1)5-9-6-11(12)8-13-7-9;/h1-4,9,11,13H,5-8H2;1H. The van der Waals surface area contributed by atoms with Crippen molar-refractivity contribution in [2.24, 2.45) is 5.92 Å². The average molecular weight is 210 g/mol. The van der Waals surface area contributed by atoms with Crippen molar-refractivity contribution >= 4 is 12.4 Å². The fourth-order valence-electron chi connectivity index (χ4n) is 2.85. The molecule has 1 nitrogen and oxygen atoms in total. The smallest absolute Gasteiger partial charge is 0.00204 e. The summed E-state index contributed by atoms with van der Waals surface area (Å²) in [5, 5.41) is 3.53. The van der Waals surface area contributed by atoms with Gasteiger partial charge in [0.1, 0.15) is 0 Å². The van der Waals surface area contributed by atoms with E-state index in [1.165, 1.54) is 25.9 Å². The summed E-state index contributed by atoms with van der Waals surface area (Å²) in [5.41, 5.74) is 3.20. The van der Waals surface area contributed by atoms with Gasteiger partial charge in [-0.25, -0.2) is 0 Å². The van der Waals surface area contributed by atoms with Crippen molar-refractivity contribution in [1.29, 1.82) is 0 Å². The molecule has 0 spiro atoms.